The Morgan fingerprint density at radius 3 is 2.42 bits per heavy atom. The molecule has 8 nitrogen and oxygen atoms in total. The highest BCUT2D eigenvalue weighted by molar-refractivity contribution is 5.66. The average molecular weight is 337 g/mol. The fourth-order valence-electron chi connectivity index (χ4n) is 2.03. The van der Waals surface area contributed by atoms with Crippen molar-refractivity contribution in [2.75, 3.05) is 13.7 Å². The molecule has 2 N–H and O–H groups in total. The molecule has 8 heteroatoms. The van der Waals surface area contributed by atoms with Crippen molar-refractivity contribution in [1.82, 2.24) is 0 Å². The predicted molar refractivity (Wildman–Crippen MR) is 82.5 cm³/mol. The second kappa shape index (κ2) is 8.21. The normalized spacial score (nSPS) is 22.5. The first-order valence-electron chi connectivity index (χ1n) is 7.22. The van der Waals surface area contributed by atoms with Crippen LogP contribution in [0.1, 0.15) is 6.92 Å². The van der Waals surface area contributed by atoms with Crippen LogP contribution >= 0.6 is 0 Å². The molecule has 0 saturated carbocycles. The van der Waals surface area contributed by atoms with Crippen molar-refractivity contribution in [3.05, 3.63) is 36.4 Å². The second-order valence-electron chi connectivity index (χ2n) is 4.93. The number of carbonyl (C=O) groups is 2. The maximum Gasteiger partial charge on any atom is 0.405 e. The zero-order valence-electron chi connectivity index (χ0n) is 13.3. The van der Waals surface area contributed by atoms with Crippen LogP contribution in [0.4, 0.5) is 4.79 Å². The maximum absolute atomic E-state index is 11.0. The van der Waals surface area contributed by atoms with Gasteiger partial charge in [0.15, 0.2) is 6.10 Å². The van der Waals surface area contributed by atoms with Gasteiger partial charge in [0.05, 0.1) is 7.11 Å². The first-order valence-corrected chi connectivity index (χ1v) is 7.22. The molecule has 1 amide bonds. The highest BCUT2D eigenvalue weighted by atomic mass is 16.7. The lowest BCUT2D eigenvalue weighted by Crippen LogP contribution is -2.44. The van der Waals surface area contributed by atoms with Gasteiger partial charge >= 0.3 is 12.1 Å². The first kappa shape index (κ1) is 17.6. The second-order valence-corrected chi connectivity index (χ2v) is 4.93. The third kappa shape index (κ3) is 5.17. The maximum atomic E-state index is 11.0. The van der Waals surface area contributed by atoms with E-state index in [1.54, 1.807) is 43.5 Å². The Balaban J connectivity index is 2.07. The van der Waals surface area contributed by atoms with Gasteiger partial charge in [-0.15, -0.1) is 0 Å². The first-order chi connectivity index (χ1) is 11.5. The summed E-state index contributed by atoms with van der Waals surface area (Å²) in [7, 11) is 1.56. The fraction of sp³-hybridized carbons (Fsp3) is 0.375. The lowest BCUT2D eigenvalue weighted by atomic mass is 10.2. The zero-order valence-corrected chi connectivity index (χ0v) is 13.3. The standard InChI is InChI=1S/C16H19NO7/c1-10(18)21-9-13-7-8-14(24-16(17)19)15(23-13)22-12-5-3-11(20-2)4-6-12/h3-8,13-15H,9H2,1-2H3,(H2,17,19)/t13-,14+,15-/m0/s1. The quantitative estimate of drug-likeness (QED) is 0.617. The lowest BCUT2D eigenvalue weighted by molar-refractivity contribution is -0.174. The summed E-state index contributed by atoms with van der Waals surface area (Å²) in [5.74, 6) is 0.736. The number of esters is 1. The van der Waals surface area contributed by atoms with Crippen molar-refractivity contribution >= 4 is 12.1 Å². The SMILES string of the molecule is COc1ccc(O[C@H]2O[C@H](COC(C)=O)C=C[C@H]2OC(N)=O)cc1. The van der Waals surface area contributed by atoms with Crippen LogP contribution in [0.25, 0.3) is 0 Å². The summed E-state index contributed by atoms with van der Waals surface area (Å²) in [6.07, 6.45) is -0.0318. The molecule has 0 aromatic heterocycles. The van der Waals surface area contributed by atoms with Crippen LogP contribution in [0.5, 0.6) is 11.5 Å². The Bertz CT molecular complexity index is 599. The van der Waals surface area contributed by atoms with E-state index in [0.29, 0.717) is 11.5 Å². The van der Waals surface area contributed by atoms with Crippen LogP contribution in [0.15, 0.2) is 36.4 Å². The van der Waals surface area contributed by atoms with E-state index in [9.17, 15) is 9.59 Å². The summed E-state index contributed by atoms with van der Waals surface area (Å²) in [6, 6.07) is 6.80. The molecule has 0 spiro atoms. The third-order valence-corrected chi connectivity index (χ3v) is 3.11. The number of rotatable bonds is 6. The molecule has 1 aliphatic heterocycles. The highest BCUT2D eigenvalue weighted by Crippen LogP contribution is 2.23. The van der Waals surface area contributed by atoms with E-state index in [1.165, 1.54) is 6.92 Å². The van der Waals surface area contributed by atoms with Crippen LogP contribution in [-0.4, -0.2) is 44.3 Å². The minimum Gasteiger partial charge on any atom is -0.497 e. The Hall–Kier alpha value is -2.74. The van der Waals surface area contributed by atoms with Crippen LogP contribution in [0.3, 0.4) is 0 Å². The van der Waals surface area contributed by atoms with Crippen LogP contribution in [0.2, 0.25) is 0 Å². The molecule has 0 aliphatic carbocycles. The van der Waals surface area contributed by atoms with E-state index < -0.39 is 30.6 Å². The van der Waals surface area contributed by atoms with Crippen molar-refractivity contribution in [3.63, 3.8) is 0 Å². The Morgan fingerprint density at radius 2 is 1.83 bits per heavy atom. The van der Waals surface area contributed by atoms with Gasteiger partial charge < -0.3 is 29.4 Å². The van der Waals surface area contributed by atoms with Gasteiger partial charge in [0, 0.05) is 6.92 Å². The van der Waals surface area contributed by atoms with Gasteiger partial charge in [0.25, 0.3) is 0 Å². The molecule has 3 atom stereocenters. The molecular weight excluding hydrogens is 318 g/mol. The van der Waals surface area contributed by atoms with Crippen molar-refractivity contribution in [2.45, 2.75) is 25.4 Å². The van der Waals surface area contributed by atoms with E-state index in [4.69, 9.17) is 29.4 Å². The number of carbonyl (C=O) groups excluding carboxylic acids is 2. The summed E-state index contributed by atoms with van der Waals surface area (Å²) >= 11 is 0. The molecule has 0 saturated heterocycles. The molecule has 0 fully saturated rings. The smallest absolute Gasteiger partial charge is 0.405 e. The minimum absolute atomic E-state index is 0.0254. The summed E-state index contributed by atoms with van der Waals surface area (Å²) in [6.45, 7) is 1.33. The number of ether oxygens (including phenoxy) is 5. The van der Waals surface area contributed by atoms with Gasteiger partial charge in [-0.3, -0.25) is 4.79 Å². The van der Waals surface area contributed by atoms with E-state index >= 15 is 0 Å². The van der Waals surface area contributed by atoms with Crippen molar-refractivity contribution in [3.8, 4) is 11.5 Å². The van der Waals surface area contributed by atoms with Gasteiger partial charge in [-0.25, -0.2) is 4.79 Å². The number of hydrogen-bond acceptors (Lipinski definition) is 7. The molecule has 0 unspecified atom stereocenters. The Morgan fingerprint density at radius 1 is 1.17 bits per heavy atom. The number of hydrogen-bond donors (Lipinski definition) is 1. The van der Waals surface area contributed by atoms with Gasteiger partial charge in [-0.2, -0.15) is 0 Å². The van der Waals surface area contributed by atoms with Gasteiger partial charge in [-0.05, 0) is 30.3 Å². The highest BCUT2D eigenvalue weighted by Gasteiger charge is 2.32. The van der Waals surface area contributed by atoms with Crippen molar-refractivity contribution in [1.29, 1.82) is 0 Å². The number of primary amides is 1. The minimum atomic E-state index is -0.949. The molecule has 2 rings (SSSR count). The average Bonchev–Trinajstić information content (AvgIpc) is 2.55. The topological polar surface area (TPSA) is 106 Å². The third-order valence-electron chi connectivity index (χ3n) is 3.11. The molecule has 1 aromatic rings. The summed E-state index contributed by atoms with van der Waals surface area (Å²) in [5.41, 5.74) is 5.06. The molecule has 0 radical (unpaired) electrons. The van der Waals surface area contributed by atoms with E-state index in [-0.39, 0.29) is 6.61 Å². The zero-order chi connectivity index (χ0) is 17.5. The largest absolute Gasteiger partial charge is 0.497 e. The molecule has 130 valence electrons. The summed E-state index contributed by atoms with van der Waals surface area (Å²) in [5, 5.41) is 0. The van der Waals surface area contributed by atoms with E-state index in [1.807, 2.05) is 0 Å². The van der Waals surface area contributed by atoms with Gasteiger partial charge in [0.1, 0.15) is 24.2 Å². The molecule has 1 heterocycles. The number of amides is 1. The summed E-state index contributed by atoms with van der Waals surface area (Å²) in [4.78, 5) is 21.9. The number of nitrogens with two attached hydrogens (primary N) is 1. The molecule has 1 aromatic carbocycles. The molecule has 1 aliphatic rings. The summed E-state index contributed by atoms with van der Waals surface area (Å²) < 4.78 is 26.3. The molecule has 0 bridgehead atoms. The fourth-order valence-corrected chi connectivity index (χ4v) is 2.03. The van der Waals surface area contributed by atoms with Crippen molar-refractivity contribution in [2.24, 2.45) is 5.73 Å². The van der Waals surface area contributed by atoms with E-state index in [0.717, 1.165) is 0 Å². The molecule has 24 heavy (non-hydrogen) atoms. The van der Waals surface area contributed by atoms with Crippen LogP contribution in [0, 0.1) is 0 Å². The lowest BCUT2D eigenvalue weighted by Gasteiger charge is -2.31. The number of benzene rings is 1. The molecular formula is C16H19NO7. The van der Waals surface area contributed by atoms with Gasteiger partial charge in [-0.1, -0.05) is 6.08 Å². The van der Waals surface area contributed by atoms with Crippen molar-refractivity contribution < 1.29 is 33.3 Å². The Labute approximate surface area is 139 Å². The predicted octanol–water partition coefficient (Wildman–Crippen LogP) is 1.38. The van der Waals surface area contributed by atoms with E-state index in [2.05, 4.69) is 0 Å². The number of methoxy groups -OCH3 is 1. The monoisotopic (exact) mass is 337 g/mol. The van der Waals surface area contributed by atoms with Crippen LogP contribution in [-0.2, 0) is 19.0 Å². The van der Waals surface area contributed by atoms with Gasteiger partial charge in [0.2, 0.25) is 6.29 Å². The Kier molecular flexibility index (Phi) is 6.02. The van der Waals surface area contributed by atoms with Crippen LogP contribution < -0.4 is 15.2 Å².